The molecule has 0 bridgehead atoms. The van der Waals surface area contributed by atoms with Crippen molar-refractivity contribution in [3.05, 3.63) is 59.7 Å². The second-order valence-corrected chi connectivity index (χ2v) is 4.20. The summed E-state index contributed by atoms with van der Waals surface area (Å²) in [6.07, 6.45) is -0.467. The number of rotatable bonds is 4. The quantitative estimate of drug-likeness (QED) is 0.869. The summed E-state index contributed by atoms with van der Waals surface area (Å²) in [5.74, 6) is 0.975. The van der Waals surface area contributed by atoms with Crippen LogP contribution in [0.5, 0.6) is 11.5 Å². The Morgan fingerprint density at radius 1 is 1.11 bits per heavy atom. The van der Waals surface area contributed by atoms with E-state index in [2.05, 4.69) is 0 Å². The maximum atomic E-state index is 9.38. The highest BCUT2D eigenvalue weighted by atomic mass is 16.5. The lowest BCUT2D eigenvalue weighted by molar-refractivity contribution is 0.199. The molecule has 0 aliphatic heterocycles. The lowest BCUT2D eigenvalue weighted by Gasteiger charge is -2.08. The second kappa shape index (κ2) is 5.56. The summed E-state index contributed by atoms with van der Waals surface area (Å²) in [5.41, 5.74) is 1.77. The fraction of sp³-hybridized carbons (Fsp3) is 0.200. The molecule has 18 heavy (non-hydrogen) atoms. The zero-order valence-electron chi connectivity index (χ0n) is 10.2. The van der Waals surface area contributed by atoms with Gasteiger partial charge in [0, 0.05) is 0 Å². The summed E-state index contributed by atoms with van der Waals surface area (Å²) in [6.45, 7) is 2.13. The Balaban J connectivity index is 1.98. The van der Waals surface area contributed by atoms with E-state index in [0.717, 1.165) is 16.9 Å². The molecule has 2 aromatic rings. The summed E-state index contributed by atoms with van der Waals surface area (Å²) in [6, 6.07) is 14.3. The fourth-order valence-corrected chi connectivity index (χ4v) is 1.66. The van der Waals surface area contributed by atoms with Crippen molar-refractivity contribution in [3.8, 4) is 11.5 Å². The minimum absolute atomic E-state index is 0.237. The van der Waals surface area contributed by atoms with Gasteiger partial charge in [0.1, 0.15) is 18.1 Å². The SMILES string of the molecule is CC(O)c1ccc(OCc2cccc(O)c2)cc1. The van der Waals surface area contributed by atoms with E-state index < -0.39 is 6.10 Å². The van der Waals surface area contributed by atoms with Gasteiger partial charge in [0.2, 0.25) is 0 Å². The van der Waals surface area contributed by atoms with Crippen molar-refractivity contribution < 1.29 is 14.9 Å². The molecule has 3 nitrogen and oxygen atoms in total. The molecular weight excluding hydrogens is 228 g/mol. The third-order valence-corrected chi connectivity index (χ3v) is 2.68. The van der Waals surface area contributed by atoms with Crippen LogP contribution >= 0.6 is 0 Å². The van der Waals surface area contributed by atoms with Crippen molar-refractivity contribution in [1.82, 2.24) is 0 Å². The zero-order chi connectivity index (χ0) is 13.0. The molecule has 0 aliphatic rings. The van der Waals surface area contributed by atoms with Gasteiger partial charge in [0.25, 0.3) is 0 Å². The minimum Gasteiger partial charge on any atom is -0.508 e. The van der Waals surface area contributed by atoms with Crippen LogP contribution in [0.15, 0.2) is 48.5 Å². The molecule has 0 heterocycles. The largest absolute Gasteiger partial charge is 0.508 e. The molecule has 0 amide bonds. The number of aromatic hydroxyl groups is 1. The van der Waals surface area contributed by atoms with E-state index in [1.165, 1.54) is 0 Å². The highest BCUT2D eigenvalue weighted by molar-refractivity contribution is 5.30. The monoisotopic (exact) mass is 244 g/mol. The lowest BCUT2D eigenvalue weighted by atomic mass is 10.1. The molecule has 0 aromatic heterocycles. The van der Waals surface area contributed by atoms with Crippen LogP contribution in [-0.4, -0.2) is 10.2 Å². The van der Waals surface area contributed by atoms with Crippen LogP contribution in [0.4, 0.5) is 0 Å². The number of phenolic OH excluding ortho intramolecular Hbond substituents is 1. The highest BCUT2D eigenvalue weighted by Gasteiger charge is 2.01. The summed E-state index contributed by atoms with van der Waals surface area (Å²) in [7, 11) is 0. The molecule has 0 saturated carbocycles. The van der Waals surface area contributed by atoms with Crippen molar-refractivity contribution in [2.45, 2.75) is 19.6 Å². The van der Waals surface area contributed by atoms with E-state index in [1.807, 2.05) is 30.3 Å². The summed E-state index contributed by atoms with van der Waals surface area (Å²) >= 11 is 0. The van der Waals surface area contributed by atoms with Crippen molar-refractivity contribution in [2.24, 2.45) is 0 Å². The first-order valence-electron chi connectivity index (χ1n) is 5.84. The van der Waals surface area contributed by atoms with Gasteiger partial charge in [-0.05, 0) is 42.3 Å². The standard InChI is InChI=1S/C15H16O3/c1-11(16)13-5-7-15(8-6-13)18-10-12-3-2-4-14(17)9-12/h2-9,11,16-17H,10H2,1H3. The van der Waals surface area contributed by atoms with Gasteiger partial charge in [-0.3, -0.25) is 0 Å². The Morgan fingerprint density at radius 3 is 2.44 bits per heavy atom. The smallest absolute Gasteiger partial charge is 0.119 e. The maximum absolute atomic E-state index is 9.38. The van der Waals surface area contributed by atoms with Crippen LogP contribution < -0.4 is 4.74 Å². The first kappa shape index (κ1) is 12.5. The number of hydrogen-bond acceptors (Lipinski definition) is 3. The fourth-order valence-electron chi connectivity index (χ4n) is 1.66. The van der Waals surface area contributed by atoms with Crippen LogP contribution in [0.2, 0.25) is 0 Å². The third kappa shape index (κ3) is 3.25. The van der Waals surface area contributed by atoms with Gasteiger partial charge in [0.15, 0.2) is 0 Å². The molecule has 2 rings (SSSR count). The average Bonchev–Trinajstić information content (AvgIpc) is 2.37. The predicted octanol–water partition coefficient (Wildman–Crippen LogP) is 3.02. The highest BCUT2D eigenvalue weighted by Crippen LogP contribution is 2.19. The molecule has 3 heteroatoms. The summed E-state index contributed by atoms with van der Waals surface area (Å²) < 4.78 is 5.59. The van der Waals surface area contributed by atoms with Crippen LogP contribution in [0.25, 0.3) is 0 Å². The Morgan fingerprint density at radius 2 is 1.83 bits per heavy atom. The average molecular weight is 244 g/mol. The molecule has 0 aliphatic carbocycles. The van der Waals surface area contributed by atoms with Crippen molar-refractivity contribution in [3.63, 3.8) is 0 Å². The lowest BCUT2D eigenvalue weighted by Crippen LogP contribution is -1.96. The Kier molecular flexibility index (Phi) is 3.85. The molecule has 0 spiro atoms. The van der Waals surface area contributed by atoms with Crippen LogP contribution in [0.1, 0.15) is 24.2 Å². The normalized spacial score (nSPS) is 12.1. The molecule has 0 radical (unpaired) electrons. The number of hydrogen-bond donors (Lipinski definition) is 2. The first-order valence-corrected chi connectivity index (χ1v) is 5.84. The molecule has 1 atom stereocenters. The predicted molar refractivity (Wildman–Crippen MR) is 69.5 cm³/mol. The van der Waals surface area contributed by atoms with Crippen molar-refractivity contribution >= 4 is 0 Å². The van der Waals surface area contributed by atoms with Gasteiger partial charge >= 0.3 is 0 Å². The molecule has 2 aromatic carbocycles. The molecule has 0 saturated heterocycles. The molecule has 94 valence electrons. The van der Waals surface area contributed by atoms with Gasteiger partial charge in [-0.25, -0.2) is 0 Å². The molecule has 2 N–H and O–H groups in total. The zero-order valence-corrected chi connectivity index (χ0v) is 10.2. The van der Waals surface area contributed by atoms with E-state index in [0.29, 0.717) is 6.61 Å². The Hall–Kier alpha value is -2.00. The van der Waals surface area contributed by atoms with E-state index >= 15 is 0 Å². The van der Waals surface area contributed by atoms with Gasteiger partial charge in [-0.1, -0.05) is 24.3 Å². The maximum Gasteiger partial charge on any atom is 0.119 e. The summed E-state index contributed by atoms with van der Waals surface area (Å²) in [5, 5.41) is 18.7. The molecule has 1 unspecified atom stereocenters. The molecular formula is C15H16O3. The number of benzene rings is 2. The third-order valence-electron chi connectivity index (χ3n) is 2.68. The minimum atomic E-state index is -0.467. The van der Waals surface area contributed by atoms with Crippen LogP contribution in [0.3, 0.4) is 0 Å². The van der Waals surface area contributed by atoms with Crippen molar-refractivity contribution in [2.75, 3.05) is 0 Å². The second-order valence-electron chi connectivity index (χ2n) is 4.20. The van der Waals surface area contributed by atoms with Gasteiger partial charge in [-0.15, -0.1) is 0 Å². The van der Waals surface area contributed by atoms with Gasteiger partial charge < -0.3 is 14.9 Å². The molecule has 0 fully saturated rings. The van der Waals surface area contributed by atoms with E-state index in [9.17, 15) is 10.2 Å². The van der Waals surface area contributed by atoms with Crippen LogP contribution in [-0.2, 0) is 6.61 Å². The first-order chi connectivity index (χ1) is 8.65. The topological polar surface area (TPSA) is 49.7 Å². The number of ether oxygens (including phenoxy) is 1. The van der Waals surface area contributed by atoms with E-state index in [4.69, 9.17) is 4.74 Å². The Bertz CT molecular complexity index is 503. The number of phenols is 1. The Labute approximate surface area is 106 Å². The summed E-state index contributed by atoms with van der Waals surface area (Å²) in [4.78, 5) is 0. The van der Waals surface area contributed by atoms with E-state index in [1.54, 1.807) is 25.1 Å². The number of aliphatic hydroxyl groups is 1. The van der Waals surface area contributed by atoms with Gasteiger partial charge in [0.05, 0.1) is 6.10 Å². The van der Waals surface area contributed by atoms with Crippen molar-refractivity contribution in [1.29, 1.82) is 0 Å². The van der Waals surface area contributed by atoms with Crippen LogP contribution in [0, 0.1) is 0 Å². The number of aliphatic hydroxyl groups excluding tert-OH is 1. The van der Waals surface area contributed by atoms with E-state index in [-0.39, 0.29) is 5.75 Å². The van der Waals surface area contributed by atoms with Gasteiger partial charge in [-0.2, -0.15) is 0 Å².